The lowest BCUT2D eigenvalue weighted by atomic mass is 9.94. The van der Waals surface area contributed by atoms with Gasteiger partial charge >= 0.3 is 5.97 Å². The highest BCUT2D eigenvalue weighted by molar-refractivity contribution is 7.92. The summed E-state index contributed by atoms with van der Waals surface area (Å²) in [5, 5.41) is 0. The molecule has 34 heavy (non-hydrogen) atoms. The van der Waals surface area contributed by atoms with Crippen LogP contribution in [0.5, 0.6) is 5.75 Å². The summed E-state index contributed by atoms with van der Waals surface area (Å²) in [7, 11) is -1.24. The van der Waals surface area contributed by atoms with Gasteiger partial charge in [-0.05, 0) is 43.2 Å². The van der Waals surface area contributed by atoms with Crippen LogP contribution < -0.4 is 9.46 Å². The summed E-state index contributed by atoms with van der Waals surface area (Å²) in [4.78, 5) is 25.9. The van der Waals surface area contributed by atoms with Crippen LogP contribution in [0.4, 0.5) is 10.1 Å². The third-order valence-corrected chi connectivity index (χ3v) is 7.43. The van der Waals surface area contributed by atoms with Gasteiger partial charge in [0, 0.05) is 12.7 Å². The number of sulfonamides is 1. The highest BCUT2D eigenvalue weighted by Crippen LogP contribution is 2.33. The van der Waals surface area contributed by atoms with Crippen LogP contribution in [-0.4, -0.2) is 64.2 Å². The zero-order chi connectivity index (χ0) is 24.5. The number of anilines is 1. The zero-order valence-corrected chi connectivity index (χ0v) is 19.5. The second kappa shape index (κ2) is 9.59. The highest BCUT2D eigenvalue weighted by Gasteiger charge is 2.39. The van der Waals surface area contributed by atoms with Crippen LogP contribution in [0.15, 0.2) is 47.4 Å². The first-order chi connectivity index (χ1) is 16.2. The number of carbonyl (C=O) groups is 2. The predicted octanol–water partition coefficient (Wildman–Crippen LogP) is 2.57. The lowest BCUT2D eigenvalue weighted by molar-refractivity contribution is -0.151. The van der Waals surface area contributed by atoms with Crippen LogP contribution in [0.25, 0.3) is 0 Å². The van der Waals surface area contributed by atoms with Crippen LogP contribution in [-0.2, 0) is 24.3 Å². The summed E-state index contributed by atoms with van der Waals surface area (Å²) in [6, 6.07) is 9.03. The van der Waals surface area contributed by atoms with Crippen LogP contribution in [0.3, 0.4) is 0 Å². The fourth-order valence-electron chi connectivity index (χ4n) is 4.23. The van der Waals surface area contributed by atoms with E-state index in [2.05, 4.69) is 4.72 Å². The molecule has 0 saturated carbocycles. The Morgan fingerprint density at radius 1 is 1.24 bits per heavy atom. The maximum atomic E-state index is 14.0. The van der Waals surface area contributed by atoms with Gasteiger partial charge in [0.2, 0.25) is 0 Å². The monoisotopic (exact) mass is 492 g/mol. The molecule has 2 aliphatic heterocycles. The number of likely N-dealkylation sites (N-methyl/N-ethyl adjacent to an activating group) is 1. The molecule has 1 saturated heterocycles. The fourth-order valence-corrected chi connectivity index (χ4v) is 5.36. The first kappa shape index (κ1) is 24.0. The molecule has 0 unspecified atom stereocenters. The number of nitrogens with one attached hydrogen (secondary N) is 1. The van der Waals surface area contributed by atoms with E-state index in [9.17, 15) is 22.4 Å². The Hall–Kier alpha value is -3.18. The summed E-state index contributed by atoms with van der Waals surface area (Å²) >= 11 is 0. The number of fused-ring (bicyclic) bond motifs is 2. The van der Waals surface area contributed by atoms with Gasteiger partial charge in [-0.25, -0.2) is 12.8 Å². The van der Waals surface area contributed by atoms with Crippen molar-refractivity contribution >= 4 is 27.6 Å². The quantitative estimate of drug-likeness (QED) is 0.639. The SMILES string of the molecule is COC(=O)C[C@H]1CC[C@@H]2[C@@H](COc3ccc(NS(=O)(=O)c4ccccc4F)cc3C(=O)N2C)O1. The van der Waals surface area contributed by atoms with Crippen molar-refractivity contribution in [2.45, 2.75) is 42.4 Å². The Kier molecular flexibility index (Phi) is 6.76. The van der Waals surface area contributed by atoms with Crippen LogP contribution in [0, 0.1) is 5.82 Å². The lowest BCUT2D eigenvalue weighted by Crippen LogP contribution is -2.53. The third kappa shape index (κ3) is 4.85. The van der Waals surface area contributed by atoms with E-state index < -0.39 is 26.8 Å². The van der Waals surface area contributed by atoms with Crippen molar-refractivity contribution in [3.05, 3.63) is 53.8 Å². The number of benzene rings is 2. The molecule has 9 nitrogen and oxygen atoms in total. The molecule has 1 amide bonds. The number of hydrogen-bond donors (Lipinski definition) is 1. The Bertz CT molecular complexity index is 1200. The summed E-state index contributed by atoms with van der Waals surface area (Å²) in [5.41, 5.74) is 0.272. The van der Waals surface area contributed by atoms with E-state index in [0.717, 1.165) is 12.1 Å². The second-order valence-corrected chi connectivity index (χ2v) is 9.85. The van der Waals surface area contributed by atoms with Crippen molar-refractivity contribution < 1.29 is 36.6 Å². The van der Waals surface area contributed by atoms with E-state index >= 15 is 0 Å². The molecular formula is C23H25FN2O7S. The largest absolute Gasteiger partial charge is 0.490 e. The van der Waals surface area contributed by atoms with E-state index in [1.54, 1.807) is 11.9 Å². The van der Waals surface area contributed by atoms with Gasteiger partial charge in [-0.2, -0.15) is 0 Å². The van der Waals surface area contributed by atoms with Crippen LogP contribution in [0.1, 0.15) is 29.6 Å². The number of halogens is 1. The topological polar surface area (TPSA) is 111 Å². The molecule has 2 aliphatic rings. The average molecular weight is 493 g/mol. The van der Waals surface area contributed by atoms with E-state index in [1.165, 1.54) is 37.4 Å². The molecule has 11 heteroatoms. The van der Waals surface area contributed by atoms with Crippen molar-refractivity contribution in [1.29, 1.82) is 0 Å². The number of nitrogens with zero attached hydrogens (tertiary/aromatic N) is 1. The third-order valence-electron chi connectivity index (χ3n) is 6.01. The molecule has 2 aromatic rings. The smallest absolute Gasteiger partial charge is 0.308 e. The van der Waals surface area contributed by atoms with Gasteiger partial charge in [-0.15, -0.1) is 0 Å². The average Bonchev–Trinajstić information content (AvgIpc) is 2.81. The lowest BCUT2D eigenvalue weighted by Gasteiger charge is -2.42. The summed E-state index contributed by atoms with van der Waals surface area (Å²) in [6.45, 7) is 0.146. The molecule has 0 radical (unpaired) electrons. The molecule has 2 aromatic carbocycles. The van der Waals surface area contributed by atoms with E-state index in [4.69, 9.17) is 14.2 Å². The van der Waals surface area contributed by atoms with Crippen molar-refractivity contribution in [3.8, 4) is 5.75 Å². The molecular weight excluding hydrogens is 467 g/mol. The van der Waals surface area contributed by atoms with E-state index in [1.807, 2.05) is 0 Å². The molecule has 0 bridgehead atoms. The molecule has 1 N–H and O–H groups in total. The Labute approximate surface area is 196 Å². The number of hydrogen-bond acceptors (Lipinski definition) is 7. The van der Waals surface area contributed by atoms with E-state index in [-0.39, 0.29) is 54.1 Å². The predicted molar refractivity (Wildman–Crippen MR) is 120 cm³/mol. The molecule has 2 heterocycles. The molecule has 4 rings (SSSR count). The summed E-state index contributed by atoms with van der Waals surface area (Å²) in [5.74, 6) is -1.35. The summed E-state index contributed by atoms with van der Waals surface area (Å²) in [6.07, 6.45) is 0.537. The number of esters is 1. The van der Waals surface area contributed by atoms with Gasteiger partial charge in [0.15, 0.2) is 0 Å². The molecule has 0 spiro atoms. The fraction of sp³-hybridized carbons (Fsp3) is 0.391. The number of rotatable bonds is 5. The summed E-state index contributed by atoms with van der Waals surface area (Å²) < 4.78 is 58.2. The number of ether oxygens (including phenoxy) is 3. The Morgan fingerprint density at radius 2 is 2.00 bits per heavy atom. The minimum atomic E-state index is -4.20. The second-order valence-electron chi connectivity index (χ2n) is 8.20. The molecule has 182 valence electrons. The Balaban J connectivity index is 1.56. The minimum Gasteiger partial charge on any atom is -0.490 e. The van der Waals surface area contributed by atoms with Gasteiger partial charge in [0.05, 0.1) is 31.2 Å². The number of carbonyl (C=O) groups excluding carboxylic acids is 2. The Morgan fingerprint density at radius 3 is 2.74 bits per heavy atom. The van der Waals surface area contributed by atoms with Gasteiger partial charge in [0.1, 0.15) is 29.2 Å². The molecule has 0 aromatic heterocycles. The van der Waals surface area contributed by atoms with Gasteiger partial charge in [-0.3, -0.25) is 14.3 Å². The number of methoxy groups -OCH3 is 1. The highest BCUT2D eigenvalue weighted by atomic mass is 32.2. The van der Waals surface area contributed by atoms with Gasteiger partial charge < -0.3 is 19.1 Å². The van der Waals surface area contributed by atoms with Crippen LogP contribution in [0.2, 0.25) is 0 Å². The first-order valence-electron chi connectivity index (χ1n) is 10.7. The molecule has 3 atom stereocenters. The van der Waals surface area contributed by atoms with Gasteiger partial charge in [0.25, 0.3) is 15.9 Å². The van der Waals surface area contributed by atoms with Crippen molar-refractivity contribution in [2.24, 2.45) is 0 Å². The van der Waals surface area contributed by atoms with Gasteiger partial charge in [-0.1, -0.05) is 12.1 Å². The molecule has 0 aliphatic carbocycles. The maximum absolute atomic E-state index is 14.0. The maximum Gasteiger partial charge on any atom is 0.308 e. The minimum absolute atomic E-state index is 0.0995. The normalized spacial score (nSPS) is 22.5. The van der Waals surface area contributed by atoms with Crippen molar-refractivity contribution in [1.82, 2.24) is 4.90 Å². The van der Waals surface area contributed by atoms with Crippen LogP contribution >= 0.6 is 0 Å². The first-order valence-corrected chi connectivity index (χ1v) is 12.2. The standard InChI is InChI=1S/C23H25FN2O7S/c1-26-18-9-8-15(12-22(27)31-2)33-20(18)13-32-19-10-7-14(11-16(19)23(26)28)25-34(29,30)21-6-4-3-5-17(21)24/h3-7,10-11,15,18,20,25H,8-9,12-13H2,1-2H3/t15-,18-,20-/m1/s1. The van der Waals surface area contributed by atoms with Crippen molar-refractivity contribution in [3.63, 3.8) is 0 Å². The van der Waals surface area contributed by atoms with E-state index in [0.29, 0.717) is 12.8 Å². The molecule has 1 fully saturated rings. The zero-order valence-electron chi connectivity index (χ0n) is 18.7. The van der Waals surface area contributed by atoms with Crippen molar-refractivity contribution in [2.75, 3.05) is 25.5 Å². The number of amides is 1.